The maximum atomic E-state index is 13.2. The van der Waals surface area contributed by atoms with E-state index in [1.54, 1.807) is 31.2 Å². The van der Waals surface area contributed by atoms with E-state index in [2.05, 4.69) is 19.9 Å². The van der Waals surface area contributed by atoms with Crippen LogP contribution in [0.4, 0.5) is 4.79 Å². The number of hydrogen-bond donors (Lipinski definition) is 2. The predicted molar refractivity (Wildman–Crippen MR) is 148 cm³/mol. The molecule has 216 valence electrons. The van der Waals surface area contributed by atoms with E-state index in [0.717, 1.165) is 31.2 Å². The molecular formula is C29H33N5O7. The fourth-order valence-electron chi connectivity index (χ4n) is 4.56. The number of hydrogen-bond acceptors (Lipinski definition) is 9. The summed E-state index contributed by atoms with van der Waals surface area (Å²) >= 11 is 0. The Morgan fingerprint density at radius 3 is 2.29 bits per heavy atom. The fraction of sp³-hybridized carbons (Fsp3) is 0.379. The molecule has 2 N–H and O–H groups in total. The lowest BCUT2D eigenvalue weighted by Gasteiger charge is -2.21. The van der Waals surface area contributed by atoms with E-state index in [-0.39, 0.29) is 23.6 Å². The third-order valence-corrected chi connectivity index (χ3v) is 6.68. The number of amides is 1. The highest BCUT2D eigenvalue weighted by Crippen LogP contribution is 2.21. The molecule has 1 aromatic heterocycles. The first-order valence-electron chi connectivity index (χ1n) is 13.4. The van der Waals surface area contributed by atoms with Crippen LogP contribution in [0.2, 0.25) is 0 Å². The maximum Gasteiger partial charge on any atom is 0.415 e. The minimum absolute atomic E-state index is 0.0498. The summed E-state index contributed by atoms with van der Waals surface area (Å²) in [6.45, 7) is 2.34. The third kappa shape index (κ3) is 7.90. The van der Waals surface area contributed by atoms with E-state index < -0.39 is 18.9 Å². The van der Waals surface area contributed by atoms with Crippen LogP contribution in [0.15, 0.2) is 53.3 Å². The molecule has 0 unspecified atom stereocenters. The number of ether oxygens (including phenoxy) is 3. The van der Waals surface area contributed by atoms with Gasteiger partial charge in [0.15, 0.2) is 0 Å². The van der Waals surface area contributed by atoms with E-state index in [4.69, 9.17) is 10.1 Å². The molecule has 3 aromatic rings. The van der Waals surface area contributed by atoms with Crippen molar-refractivity contribution in [1.29, 1.82) is 5.41 Å². The molecule has 12 nitrogen and oxygen atoms in total. The number of aryl methyl sites for hydroxylation is 2. The second kappa shape index (κ2) is 13.6. The van der Waals surface area contributed by atoms with Crippen LogP contribution in [-0.2, 0) is 30.2 Å². The van der Waals surface area contributed by atoms with Crippen LogP contribution in [-0.4, -0.2) is 51.1 Å². The Morgan fingerprint density at radius 2 is 1.63 bits per heavy atom. The van der Waals surface area contributed by atoms with Gasteiger partial charge in [0, 0.05) is 18.9 Å². The highest BCUT2D eigenvalue weighted by atomic mass is 16.7. The van der Waals surface area contributed by atoms with E-state index in [1.165, 1.54) is 22.6 Å². The Hall–Kier alpha value is -4.74. The van der Waals surface area contributed by atoms with E-state index in [9.17, 15) is 19.2 Å². The lowest BCUT2D eigenvalue weighted by Crippen LogP contribution is -2.31. The topological polar surface area (TPSA) is 155 Å². The standard InChI is InChI=1S/C29H33N5O7/c1-19-32-34(24-15-11-22(12-16-24)27(30)31-28(37)40-18-39-20(2)35)29(38)33(19)23-13-8-21(9-14-23)10-17-26(36)41-25-6-4-3-5-7-25/h8-9,11-16,25H,3-7,10,17-18H2,1-2H3,(H2,30,31,37). The van der Waals surface area contributed by atoms with Gasteiger partial charge in [-0.05, 0) is 81.0 Å². The molecule has 1 aliphatic carbocycles. The number of esters is 2. The molecular weight excluding hydrogens is 530 g/mol. The first-order chi connectivity index (χ1) is 19.7. The number of amidine groups is 1. The number of benzene rings is 2. The summed E-state index contributed by atoms with van der Waals surface area (Å²) in [5, 5.41) is 14.7. The average Bonchev–Trinajstić information content (AvgIpc) is 3.26. The maximum absolute atomic E-state index is 13.2. The van der Waals surface area contributed by atoms with Crippen molar-refractivity contribution in [3.63, 3.8) is 0 Å². The summed E-state index contributed by atoms with van der Waals surface area (Å²) in [7, 11) is 0. The number of nitrogens with one attached hydrogen (secondary N) is 2. The number of carbonyl (C=O) groups is 3. The van der Waals surface area contributed by atoms with Crippen LogP contribution >= 0.6 is 0 Å². The van der Waals surface area contributed by atoms with Crippen molar-refractivity contribution in [2.75, 3.05) is 6.79 Å². The highest BCUT2D eigenvalue weighted by molar-refractivity contribution is 6.04. The van der Waals surface area contributed by atoms with Crippen LogP contribution < -0.4 is 11.0 Å². The van der Waals surface area contributed by atoms with Gasteiger partial charge < -0.3 is 14.2 Å². The molecule has 1 aliphatic rings. The molecule has 1 amide bonds. The quantitative estimate of drug-likeness (QED) is 0.173. The van der Waals surface area contributed by atoms with Gasteiger partial charge in [-0.15, -0.1) is 5.10 Å². The summed E-state index contributed by atoms with van der Waals surface area (Å²) in [5.74, 6) is -0.532. The Balaban J connectivity index is 1.36. The summed E-state index contributed by atoms with van der Waals surface area (Å²) in [4.78, 5) is 47.9. The second-order valence-electron chi connectivity index (χ2n) is 9.73. The molecule has 0 atom stereocenters. The van der Waals surface area contributed by atoms with Gasteiger partial charge in [0.2, 0.25) is 6.79 Å². The van der Waals surface area contributed by atoms with Crippen LogP contribution in [0.3, 0.4) is 0 Å². The molecule has 2 aromatic carbocycles. The molecule has 1 heterocycles. The number of nitrogens with zero attached hydrogens (tertiary/aromatic N) is 3. The van der Waals surface area contributed by atoms with E-state index >= 15 is 0 Å². The van der Waals surface area contributed by atoms with Gasteiger partial charge >= 0.3 is 23.7 Å². The molecule has 4 rings (SSSR count). The zero-order valence-electron chi connectivity index (χ0n) is 23.1. The number of aromatic nitrogens is 3. The molecule has 0 radical (unpaired) electrons. The lowest BCUT2D eigenvalue weighted by atomic mass is 9.98. The van der Waals surface area contributed by atoms with Gasteiger partial charge in [-0.1, -0.05) is 18.6 Å². The number of carbonyl (C=O) groups excluding carboxylic acids is 3. The van der Waals surface area contributed by atoms with Gasteiger partial charge in [0.1, 0.15) is 17.8 Å². The van der Waals surface area contributed by atoms with Crippen molar-refractivity contribution in [3.8, 4) is 11.4 Å². The van der Waals surface area contributed by atoms with Crippen LogP contribution in [0.5, 0.6) is 0 Å². The SMILES string of the molecule is CC(=O)OCOC(=O)NC(=N)c1ccc(-n2nc(C)n(-c3ccc(CCC(=O)OC4CCCCC4)cc3)c2=O)cc1. The summed E-state index contributed by atoms with van der Waals surface area (Å²) in [6.07, 6.45) is 5.30. The molecule has 0 bridgehead atoms. The zero-order valence-corrected chi connectivity index (χ0v) is 23.1. The number of alkyl carbamates (subject to hydrolysis) is 1. The van der Waals surface area contributed by atoms with E-state index in [0.29, 0.717) is 35.6 Å². The summed E-state index contributed by atoms with van der Waals surface area (Å²) in [5.41, 5.74) is 2.07. The van der Waals surface area contributed by atoms with Gasteiger partial charge in [-0.2, -0.15) is 4.68 Å². The lowest BCUT2D eigenvalue weighted by molar-refractivity contribution is -0.151. The van der Waals surface area contributed by atoms with Crippen LogP contribution in [0, 0.1) is 12.3 Å². The largest absolute Gasteiger partial charge is 0.462 e. The van der Waals surface area contributed by atoms with Gasteiger partial charge in [-0.3, -0.25) is 20.3 Å². The first-order valence-corrected chi connectivity index (χ1v) is 13.4. The molecule has 12 heteroatoms. The Labute approximate surface area is 236 Å². The molecule has 1 fully saturated rings. The van der Waals surface area contributed by atoms with Crippen molar-refractivity contribution >= 4 is 23.9 Å². The molecule has 0 aliphatic heterocycles. The molecule has 0 saturated heterocycles. The Morgan fingerprint density at radius 1 is 0.976 bits per heavy atom. The van der Waals surface area contributed by atoms with Crippen molar-refractivity contribution in [1.82, 2.24) is 19.7 Å². The van der Waals surface area contributed by atoms with Gasteiger partial charge in [0.05, 0.1) is 11.4 Å². The second-order valence-corrected chi connectivity index (χ2v) is 9.73. The predicted octanol–water partition coefficient (Wildman–Crippen LogP) is 3.71. The van der Waals surface area contributed by atoms with Crippen molar-refractivity contribution in [2.45, 2.75) is 64.9 Å². The zero-order chi connectivity index (χ0) is 29.4. The Kier molecular flexibility index (Phi) is 9.67. The molecule has 41 heavy (non-hydrogen) atoms. The fourth-order valence-corrected chi connectivity index (χ4v) is 4.56. The Bertz CT molecular complexity index is 1450. The van der Waals surface area contributed by atoms with Crippen molar-refractivity contribution < 1.29 is 28.6 Å². The number of rotatable bonds is 9. The normalized spacial score (nSPS) is 13.3. The summed E-state index contributed by atoms with van der Waals surface area (Å²) in [6, 6.07) is 13.7. The third-order valence-electron chi connectivity index (χ3n) is 6.68. The minimum Gasteiger partial charge on any atom is -0.462 e. The highest BCUT2D eigenvalue weighted by Gasteiger charge is 2.18. The first kappa shape index (κ1) is 29.2. The van der Waals surface area contributed by atoms with Gasteiger partial charge in [0.25, 0.3) is 0 Å². The minimum atomic E-state index is -0.948. The van der Waals surface area contributed by atoms with E-state index in [1.807, 2.05) is 24.3 Å². The molecule has 0 spiro atoms. The van der Waals surface area contributed by atoms with Crippen LogP contribution in [0.25, 0.3) is 11.4 Å². The monoisotopic (exact) mass is 563 g/mol. The van der Waals surface area contributed by atoms with Crippen LogP contribution in [0.1, 0.15) is 62.4 Å². The summed E-state index contributed by atoms with van der Waals surface area (Å²) < 4.78 is 17.5. The van der Waals surface area contributed by atoms with Gasteiger partial charge in [-0.25, -0.2) is 14.2 Å². The average molecular weight is 564 g/mol. The van der Waals surface area contributed by atoms with Crippen molar-refractivity contribution in [2.24, 2.45) is 0 Å². The smallest absolute Gasteiger partial charge is 0.415 e. The molecule has 1 saturated carbocycles. The van der Waals surface area contributed by atoms with Crippen molar-refractivity contribution in [3.05, 3.63) is 76.0 Å².